The molecule has 0 saturated carbocycles. The first kappa shape index (κ1) is 12.6. The van der Waals surface area contributed by atoms with Crippen LogP contribution in [0.1, 0.15) is 16.1 Å². The van der Waals surface area contributed by atoms with Gasteiger partial charge in [-0.2, -0.15) is 0 Å². The molecule has 2 rings (SSSR count). The van der Waals surface area contributed by atoms with Crippen molar-refractivity contribution in [2.24, 2.45) is 0 Å². The number of aromatic nitrogens is 2. The van der Waals surface area contributed by atoms with E-state index in [-0.39, 0.29) is 5.91 Å². The zero-order chi connectivity index (χ0) is 12.8. The second-order valence-corrected chi connectivity index (χ2v) is 4.66. The maximum atomic E-state index is 11.9. The number of carbonyl (C=O) groups excluding carboxylic acids is 1. The number of nitrogens with one attached hydrogen (secondary N) is 1. The third-order valence-corrected chi connectivity index (χ3v) is 3.27. The number of thioether (sulfide) groups is 1. The van der Waals surface area contributed by atoms with Crippen LogP contribution in [0, 0.1) is 6.92 Å². The Morgan fingerprint density at radius 1 is 1.28 bits per heavy atom. The Morgan fingerprint density at radius 3 is 2.78 bits per heavy atom. The number of amides is 1. The van der Waals surface area contributed by atoms with Crippen LogP contribution in [0.15, 0.2) is 47.8 Å². The van der Waals surface area contributed by atoms with Crippen molar-refractivity contribution in [1.29, 1.82) is 0 Å². The van der Waals surface area contributed by atoms with Crippen molar-refractivity contribution in [2.75, 3.05) is 5.88 Å². The largest absolute Gasteiger partial charge is 0.343 e. The molecule has 1 N–H and O–H groups in total. The average molecular weight is 259 g/mol. The topological polar surface area (TPSA) is 54.9 Å². The summed E-state index contributed by atoms with van der Waals surface area (Å²) in [4.78, 5) is 21.0. The predicted molar refractivity (Wildman–Crippen MR) is 71.4 cm³/mol. The van der Waals surface area contributed by atoms with E-state index in [1.807, 2.05) is 19.1 Å². The molecule has 5 heteroatoms. The molecular formula is C13H13N3OS. The fraction of sp³-hybridized carbons (Fsp3) is 0.154. The smallest absolute Gasteiger partial charge is 0.253 e. The lowest BCUT2D eigenvalue weighted by molar-refractivity contribution is 0.0960. The van der Waals surface area contributed by atoms with E-state index in [0.29, 0.717) is 11.4 Å². The van der Waals surface area contributed by atoms with E-state index in [9.17, 15) is 4.79 Å². The highest BCUT2D eigenvalue weighted by atomic mass is 32.2. The van der Waals surface area contributed by atoms with Gasteiger partial charge in [-0.25, -0.2) is 0 Å². The molecule has 0 saturated heterocycles. The Bertz CT molecular complexity index is 531. The molecule has 0 radical (unpaired) electrons. The van der Waals surface area contributed by atoms with Crippen molar-refractivity contribution in [3.05, 3.63) is 54.1 Å². The minimum absolute atomic E-state index is 0.0952. The van der Waals surface area contributed by atoms with Gasteiger partial charge < -0.3 is 5.32 Å². The molecule has 92 valence electrons. The molecule has 2 aromatic heterocycles. The van der Waals surface area contributed by atoms with Crippen molar-refractivity contribution in [1.82, 2.24) is 15.3 Å². The van der Waals surface area contributed by atoms with E-state index in [4.69, 9.17) is 0 Å². The van der Waals surface area contributed by atoms with Crippen LogP contribution in [0.25, 0.3) is 0 Å². The van der Waals surface area contributed by atoms with Crippen LogP contribution in [0.5, 0.6) is 0 Å². The van der Waals surface area contributed by atoms with Crippen LogP contribution in [0.3, 0.4) is 0 Å². The van der Waals surface area contributed by atoms with E-state index in [1.54, 1.807) is 42.5 Å². The second-order valence-electron chi connectivity index (χ2n) is 3.61. The van der Waals surface area contributed by atoms with Crippen LogP contribution < -0.4 is 5.32 Å². The minimum Gasteiger partial charge on any atom is -0.343 e. The molecule has 4 nitrogen and oxygen atoms in total. The standard InChI is InChI=1S/C13H13N3OS/c1-10-12(3-2-6-15-10)13(17)16-9-18-11-4-7-14-8-5-11/h2-8H,9H2,1H3,(H,16,17). The molecule has 0 aliphatic rings. The molecule has 0 fully saturated rings. The minimum atomic E-state index is -0.0952. The maximum Gasteiger partial charge on any atom is 0.253 e. The summed E-state index contributed by atoms with van der Waals surface area (Å²) in [6.07, 6.45) is 5.14. The van der Waals surface area contributed by atoms with Gasteiger partial charge in [-0.3, -0.25) is 14.8 Å². The number of aryl methyl sites for hydroxylation is 1. The fourth-order valence-corrected chi connectivity index (χ4v) is 2.12. The van der Waals surface area contributed by atoms with E-state index in [0.717, 1.165) is 10.6 Å². The lowest BCUT2D eigenvalue weighted by atomic mass is 10.2. The number of nitrogens with zero attached hydrogens (tertiary/aromatic N) is 2. The highest BCUT2D eigenvalue weighted by molar-refractivity contribution is 7.99. The number of pyridine rings is 2. The molecule has 0 aliphatic carbocycles. The first-order chi connectivity index (χ1) is 8.77. The second kappa shape index (κ2) is 6.16. The first-order valence-electron chi connectivity index (χ1n) is 5.50. The van der Waals surface area contributed by atoms with Crippen LogP contribution in [-0.2, 0) is 0 Å². The fourth-order valence-electron chi connectivity index (χ4n) is 1.44. The zero-order valence-corrected chi connectivity index (χ0v) is 10.8. The van der Waals surface area contributed by atoms with Gasteiger partial charge in [-0.15, -0.1) is 11.8 Å². The van der Waals surface area contributed by atoms with Crippen molar-refractivity contribution in [2.45, 2.75) is 11.8 Å². The molecule has 0 spiro atoms. The molecule has 0 aromatic carbocycles. The lowest BCUT2D eigenvalue weighted by Crippen LogP contribution is -2.23. The molecule has 0 unspecified atom stereocenters. The molecule has 0 bridgehead atoms. The molecule has 0 aliphatic heterocycles. The molecule has 18 heavy (non-hydrogen) atoms. The Morgan fingerprint density at radius 2 is 2.06 bits per heavy atom. The van der Waals surface area contributed by atoms with Crippen LogP contribution in [-0.4, -0.2) is 21.8 Å². The summed E-state index contributed by atoms with van der Waals surface area (Å²) in [5.74, 6) is 0.430. The van der Waals surface area contributed by atoms with Gasteiger partial charge in [-0.1, -0.05) is 0 Å². The number of rotatable bonds is 4. The van der Waals surface area contributed by atoms with E-state index in [1.165, 1.54) is 0 Å². The van der Waals surface area contributed by atoms with Gasteiger partial charge in [0.25, 0.3) is 5.91 Å². The molecule has 2 heterocycles. The molecule has 2 aromatic rings. The summed E-state index contributed by atoms with van der Waals surface area (Å²) in [6.45, 7) is 1.82. The molecule has 1 amide bonds. The SMILES string of the molecule is Cc1ncccc1C(=O)NCSc1ccncc1. The summed E-state index contributed by atoms with van der Waals surface area (Å²) < 4.78 is 0. The van der Waals surface area contributed by atoms with E-state index >= 15 is 0 Å². The van der Waals surface area contributed by atoms with Gasteiger partial charge in [0.2, 0.25) is 0 Å². The molecule has 0 atom stereocenters. The van der Waals surface area contributed by atoms with E-state index in [2.05, 4.69) is 15.3 Å². The molecular weight excluding hydrogens is 246 g/mol. The van der Waals surface area contributed by atoms with Gasteiger partial charge in [0.05, 0.1) is 11.4 Å². The van der Waals surface area contributed by atoms with Crippen LogP contribution >= 0.6 is 11.8 Å². The Balaban J connectivity index is 1.88. The lowest BCUT2D eigenvalue weighted by Gasteiger charge is -2.06. The van der Waals surface area contributed by atoms with Gasteiger partial charge in [0, 0.05) is 29.2 Å². The Hall–Kier alpha value is -1.88. The van der Waals surface area contributed by atoms with Crippen molar-refractivity contribution in [3.63, 3.8) is 0 Å². The summed E-state index contributed by atoms with van der Waals surface area (Å²) >= 11 is 1.56. The predicted octanol–water partition coefficient (Wildman–Crippen LogP) is 2.26. The Kier molecular flexibility index (Phi) is 4.30. The zero-order valence-electron chi connectivity index (χ0n) is 9.96. The summed E-state index contributed by atoms with van der Waals surface area (Å²) in [5, 5.41) is 2.85. The normalized spacial score (nSPS) is 10.1. The highest BCUT2D eigenvalue weighted by Gasteiger charge is 2.08. The van der Waals surface area contributed by atoms with Crippen LogP contribution in [0.2, 0.25) is 0 Å². The third kappa shape index (κ3) is 3.30. The van der Waals surface area contributed by atoms with Crippen molar-refractivity contribution in [3.8, 4) is 0 Å². The summed E-state index contributed by atoms with van der Waals surface area (Å²) in [5.41, 5.74) is 1.36. The third-order valence-electron chi connectivity index (χ3n) is 2.37. The quantitative estimate of drug-likeness (QED) is 0.676. The summed E-state index contributed by atoms with van der Waals surface area (Å²) in [7, 11) is 0. The van der Waals surface area contributed by atoms with E-state index < -0.39 is 0 Å². The number of hydrogen-bond acceptors (Lipinski definition) is 4. The van der Waals surface area contributed by atoms with Gasteiger partial charge >= 0.3 is 0 Å². The maximum absolute atomic E-state index is 11.9. The van der Waals surface area contributed by atoms with Gasteiger partial charge in [-0.05, 0) is 31.2 Å². The Labute approximate surface area is 110 Å². The number of carbonyl (C=O) groups is 1. The van der Waals surface area contributed by atoms with Crippen molar-refractivity contribution < 1.29 is 4.79 Å². The van der Waals surface area contributed by atoms with Crippen LogP contribution in [0.4, 0.5) is 0 Å². The average Bonchev–Trinajstić information content (AvgIpc) is 2.40. The monoisotopic (exact) mass is 259 g/mol. The van der Waals surface area contributed by atoms with Gasteiger partial charge in [0.1, 0.15) is 0 Å². The number of hydrogen-bond donors (Lipinski definition) is 1. The highest BCUT2D eigenvalue weighted by Crippen LogP contribution is 2.14. The summed E-state index contributed by atoms with van der Waals surface area (Å²) in [6, 6.07) is 7.35. The first-order valence-corrected chi connectivity index (χ1v) is 6.48. The van der Waals surface area contributed by atoms with Gasteiger partial charge in [0.15, 0.2) is 0 Å². The van der Waals surface area contributed by atoms with Crippen molar-refractivity contribution >= 4 is 17.7 Å².